The molecule has 0 unspecified atom stereocenters. The number of hydrogen-bond acceptors (Lipinski definition) is 3. The standard InChI is InChI=1S/C9H8F2INO3/c1-16-6(14)3-4-2-5(8(10)11)7(12)9(15)13-4/h2,8H,3H2,1H3,(H,13,15). The van der Waals surface area contributed by atoms with E-state index in [0.717, 1.165) is 6.07 Å². The first kappa shape index (κ1) is 13.1. The van der Waals surface area contributed by atoms with E-state index in [1.807, 2.05) is 0 Å². The summed E-state index contributed by atoms with van der Waals surface area (Å²) in [7, 11) is 1.18. The number of halogens is 3. The minimum Gasteiger partial charge on any atom is -0.469 e. The van der Waals surface area contributed by atoms with Crippen molar-refractivity contribution in [1.82, 2.24) is 4.98 Å². The van der Waals surface area contributed by atoms with Crippen molar-refractivity contribution in [2.75, 3.05) is 7.11 Å². The molecule has 0 radical (unpaired) electrons. The van der Waals surface area contributed by atoms with E-state index in [4.69, 9.17) is 0 Å². The summed E-state index contributed by atoms with van der Waals surface area (Å²) >= 11 is 1.54. The maximum atomic E-state index is 12.5. The topological polar surface area (TPSA) is 59.2 Å². The molecule has 0 aliphatic carbocycles. The highest BCUT2D eigenvalue weighted by molar-refractivity contribution is 14.1. The molecule has 1 rings (SSSR count). The molecular formula is C9H8F2INO3. The fourth-order valence-electron chi connectivity index (χ4n) is 1.10. The SMILES string of the molecule is COC(=O)Cc1cc(C(F)F)c(I)c(=O)[nH]1. The predicted molar refractivity (Wildman–Crippen MR) is 60.5 cm³/mol. The zero-order chi connectivity index (χ0) is 12.3. The van der Waals surface area contributed by atoms with E-state index < -0.39 is 18.0 Å². The van der Waals surface area contributed by atoms with Crippen LogP contribution in [0.4, 0.5) is 8.78 Å². The highest BCUT2D eigenvalue weighted by atomic mass is 127. The Hall–Kier alpha value is -0.990. The second kappa shape index (κ2) is 5.37. The summed E-state index contributed by atoms with van der Waals surface area (Å²) in [5, 5.41) is 0. The summed E-state index contributed by atoms with van der Waals surface area (Å²) < 4.78 is 29.4. The number of hydrogen-bond donors (Lipinski definition) is 1. The van der Waals surface area contributed by atoms with Crippen LogP contribution in [0.3, 0.4) is 0 Å². The third kappa shape index (κ3) is 3.00. The highest BCUT2D eigenvalue weighted by Crippen LogP contribution is 2.22. The van der Waals surface area contributed by atoms with Crippen molar-refractivity contribution >= 4 is 28.6 Å². The van der Waals surface area contributed by atoms with Gasteiger partial charge in [0.15, 0.2) is 0 Å². The first-order valence-corrected chi connectivity index (χ1v) is 5.30. The van der Waals surface area contributed by atoms with Crippen LogP contribution in [0.15, 0.2) is 10.9 Å². The number of methoxy groups -OCH3 is 1. The molecule has 0 bridgehead atoms. The number of carbonyl (C=O) groups is 1. The molecule has 4 nitrogen and oxygen atoms in total. The monoisotopic (exact) mass is 343 g/mol. The lowest BCUT2D eigenvalue weighted by atomic mass is 10.2. The van der Waals surface area contributed by atoms with E-state index in [2.05, 4.69) is 9.72 Å². The van der Waals surface area contributed by atoms with Crippen molar-refractivity contribution in [2.45, 2.75) is 12.8 Å². The first-order chi connectivity index (χ1) is 7.45. The number of aromatic amines is 1. The third-order valence-corrected chi connectivity index (χ3v) is 2.97. The number of pyridine rings is 1. The number of alkyl halides is 2. The molecule has 16 heavy (non-hydrogen) atoms. The van der Waals surface area contributed by atoms with Gasteiger partial charge >= 0.3 is 5.97 Å². The summed E-state index contributed by atoms with van der Waals surface area (Å²) in [6.07, 6.45) is -2.98. The first-order valence-electron chi connectivity index (χ1n) is 4.22. The minimum absolute atomic E-state index is 0.0683. The molecule has 7 heteroatoms. The van der Waals surface area contributed by atoms with Crippen LogP contribution in [0.25, 0.3) is 0 Å². The fraction of sp³-hybridized carbons (Fsp3) is 0.333. The molecule has 1 aromatic heterocycles. The van der Waals surface area contributed by atoms with Gasteiger partial charge in [-0.2, -0.15) is 0 Å². The Kier molecular flexibility index (Phi) is 4.39. The van der Waals surface area contributed by atoms with Crippen LogP contribution in [0, 0.1) is 3.57 Å². The molecule has 0 amide bonds. The second-order valence-electron chi connectivity index (χ2n) is 2.95. The Morgan fingerprint density at radius 3 is 2.75 bits per heavy atom. The van der Waals surface area contributed by atoms with Crippen molar-refractivity contribution in [3.63, 3.8) is 0 Å². The van der Waals surface area contributed by atoms with Gasteiger partial charge in [0.2, 0.25) is 0 Å². The van der Waals surface area contributed by atoms with Gasteiger partial charge in [0.05, 0.1) is 17.1 Å². The van der Waals surface area contributed by atoms with Crippen molar-refractivity contribution in [1.29, 1.82) is 0 Å². The van der Waals surface area contributed by atoms with Crippen LogP contribution in [0.2, 0.25) is 0 Å². The van der Waals surface area contributed by atoms with E-state index in [1.165, 1.54) is 29.7 Å². The van der Waals surface area contributed by atoms with Crippen molar-refractivity contribution < 1.29 is 18.3 Å². The maximum absolute atomic E-state index is 12.5. The van der Waals surface area contributed by atoms with Gasteiger partial charge < -0.3 is 9.72 Å². The quantitative estimate of drug-likeness (QED) is 0.671. The van der Waals surface area contributed by atoms with Gasteiger partial charge in [0.25, 0.3) is 12.0 Å². The van der Waals surface area contributed by atoms with Crippen LogP contribution in [-0.2, 0) is 16.0 Å². The summed E-state index contributed by atoms with van der Waals surface area (Å²) in [5.41, 5.74) is -0.881. The zero-order valence-corrected chi connectivity index (χ0v) is 10.4. The molecule has 88 valence electrons. The zero-order valence-electron chi connectivity index (χ0n) is 8.22. The number of aromatic nitrogens is 1. The highest BCUT2D eigenvalue weighted by Gasteiger charge is 2.16. The fourth-order valence-corrected chi connectivity index (χ4v) is 1.63. The number of H-pyrrole nitrogens is 1. The van der Waals surface area contributed by atoms with Crippen molar-refractivity contribution in [2.24, 2.45) is 0 Å². The number of esters is 1. The largest absolute Gasteiger partial charge is 0.469 e. The summed E-state index contributed by atoms with van der Waals surface area (Å²) in [5.74, 6) is -0.600. The Morgan fingerprint density at radius 2 is 2.25 bits per heavy atom. The van der Waals surface area contributed by atoms with Crippen LogP contribution in [0.1, 0.15) is 17.7 Å². The molecular weight excluding hydrogens is 335 g/mol. The van der Waals surface area contributed by atoms with Gasteiger partial charge in [-0.05, 0) is 28.7 Å². The third-order valence-electron chi connectivity index (χ3n) is 1.85. The van der Waals surface area contributed by atoms with Crippen LogP contribution in [0.5, 0.6) is 0 Å². The molecule has 1 aromatic rings. The van der Waals surface area contributed by atoms with E-state index >= 15 is 0 Å². The second-order valence-corrected chi connectivity index (χ2v) is 4.03. The van der Waals surface area contributed by atoms with E-state index in [1.54, 1.807) is 0 Å². The molecule has 1 heterocycles. The summed E-state index contributed by atoms with van der Waals surface area (Å²) in [6, 6.07) is 1.10. The lowest BCUT2D eigenvalue weighted by Crippen LogP contribution is -2.18. The summed E-state index contributed by atoms with van der Waals surface area (Å²) in [6.45, 7) is 0. The smallest absolute Gasteiger partial charge is 0.311 e. The molecule has 0 atom stereocenters. The van der Waals surface area contributed by atoms with Gasteiger partial charge in [-0.25, -0.2) is 8.78 Å². The van der Waals surface area contributed by atoms with Gasteiger partial charge in [0.1, 0.15) is 0 Å². The maximum Gasteiger partial charge on any atom is 0.311 e. The lowest BCUT2D eigenvalue weighted by molar-refractivity contribution is -0.139. The number of ether oxygens (including phenoxy) is 1. The average molecular weight is 343 g/mol. The Labute approximate surface area is 103 Å². The molecule has 1 N–H and O–H groups in total. The van der Waals surface area contributed by atoms with Crippen LogP contribution in [-0.4, -0.2) is 18.1 Å². The van der Waals surface area contributed by atoms with Crippen molar-refractivity contribution in [3.8, 4) is 0 Å². The minimum atomic E-state index is -2.74. The average Bonchev–Trinajstić information content (AvgIpc) is 2.22. The van der Waals surface area contributed by atoms with Gasteiger partial charge in [0, 0.05) is 11.3 Å². The van der Waals surface area contributed by atoms with Gasteiger partial charge in [-0.1, -0.05) is 0 Å². The van der Waals surface area contributed by atoms with Crippen LogP contribution >= 0.6 is 22.6 Å². The molecule has 0 aromatic carbocycles. The Balaban J connectivity index is 3.14. The van der Waals surface area contributed by atoms with Crippen molar-refractivity contribution in [3.05, 3.63) is 31.2 Å². The molecule has 0 aliphatic heterocycles. The molecule has 0 saturated carbocycles. The summed E-state index contributed by atoms with van der Waals surface area (Å²) in [4.78, 5) is 24.6. The normalized spacial score (nSPS) is 10.6. The molecule has 0 spiro atoms. The molecule has 0 fully saturated rings. The van der Waals surface area contributed by atoms with E-state index in [-0.39, 0.29) is 21.2 Å². The predicted octanol–water partition coefficient (Wildman–Crippen LogP) is 1.63. The number of rotatable bonds is 3. The Morgan fingerprint density at radius 1 is 1.62 bits per heavy atom. The van der Waals surface area contributed by atoms with Gasteiger partial charge in [-0.3, -0.25) is 9.59 Å². The van der Waals surface area contributed by atoms with E-state index in [0.29, 0.717) is 0 Å². The molecule has 0 saturated heterocycles. The number of carbonyl (C=O) groups excluding carboxylic acids is 1. The molecule has 0 aliphatic rings. The van der Waals surface area contributed by atoms with E-state index in [9.17, 15) is 18.4 Å². The van der Waals surface area contributed by atoms with Crippen LogP contribution < -0.4 is 5.56 Å². The Bertz CT molecular complexity index is 459. The number of nitrogens with one attached hydrogen (secondary N) is 1. The van der Waals surface area contributed by atoms with Gasteiger partial charge in [-0.15, -0.1) is 0 Å². The lowest BCUT2D eigenvalue weighted by Gasteiger charge is -2.05.